The highest BCUT2D eigenvalue weighted by molar-refractivity contribution is 6.00. The fourth-order valence-corrected chi connectivity index (χ4v) is 5.53. The van der Waals surface area contributed by atoms with E-state index in [0.29, 0.717) is 25.5 Å². The van der Waals surface area contributed by atoms with Gasteiger partial charge in [0.25, 0.3) is 0 Å². The second kappa shape index (κ2) is 11.9. The van der Waals surface area contributed by atoms with Crippen molar-refractivity contribution in [2.75, 3.05) is 39.8 Å². The van der Waals surface area contributed by atoms with Crippen LogP contribution in [0.4, 0.5) is 4.79 Å². The normalized spacial score (nSPS) is 19.3. The van der Waals surface area contributed by atoms with Crippen molar-refractivity contribution in [2.24, 2.45) is 7.05 Å². The van der Waals surface area contributed by atoms with Gasteiger partial charge in [-0.25, -0.2) is 9.59 Å². The van der Waals surface area contributed by atoms with Crippen LogP contribution in [0.1, 0.15) is 69.4 Å². The van der Waals surface area contributed by atoms with Crippen LogP contribution in [0.15, 0.2) is 23.0 Å². The summed E-state index contributed by atoms with van der Waals surface area (Å²) in [6, 6.07) is 5.27. The molecule has 1 N–H and O–H groups in total. The number of para-hydroxylation sites is 1. The summed E-state index contributed by atoms with van der Waals surface area (Å²) < 4.78 is 8.47. The summed E-state index contributed by atoms with van der Waals surface area (Å²) in [7, 11) is 3.54. The molecule has 2 aromatic rings. The summed E-state index contributed by atoms with van der Waals surface area (Å²) in [6.45, 7) is 6.04. The SMILES string of the molecule is CCCCOC(=O)N(C)CCCN1CCC(c2cccc3c2n(C)c(=O)n3C2CCC(=O)NC2=O)CC1. The lowest BCUT2D eigenvalue weighted by Crippen LogP contribution is -2.44. The third kappa shape index (κ3) is 5.89. The van der Waals surface area contributed by atoms with Crippen molar-refractivity contribution in [3.8, 4) is 0 Å². The Kier molecular flexibility index (Phi) is 8.68. The topological polar surface area (TPSA) is 106 Å². The number of amides is 3. The van der Waals surface area contributed by atoms with Crippen molar-refractivity contribution in [3.05, 3.63) is 34.2 Å². The summed E-state index contributed by atoms with van der Waals surface area (Å²) in [5.41, 5.74) is 2.53. The number of rotatable bonds is 9. The van der Waals surface area contributed by atoms with Crippen molar-refractivity contribution in [1.29, 1.82) is 0 Å². The van der Waals surface area contributed by atoms with Crippen LogP contribution in [-0.2, 0) is 21.4 Å². The third-order valence-corrected chi connectivity index (χ3v) is 7.69. The minimum Gasteiger partial charge on any atom is -0.449 e. The number of aryl methyl sites for hydroxylation is 1. The van der Waals surface area contributed by atoms with Crippen molar-refractivity contribution < 1.29 is 19.1 Å². The summed E-state index contributed by atoms with van der Waals surface area (Å²) in [5.74, 6) is -0.385. The molecule has 10 nitrogen and oxygen atoms in total. The maximum atomic E-state index is 13.2. The maximum Gasteiger partial charge on any atom is 0.409 e. The summed E-state index contributed by atoms with van der Waals surface area (Å²) in [6.07, 6.45) is 5.04. The van der Waals surface area contributed by atoms with Gasteiger partial charge in [-0.2, -0.15) is 0 Å². The Balaban J connectivity index is 1.38. The van der Waals surface area contributed by atoms with Gasteiger partial charge in [0, 0.05) is 27.1 Å². The average Bonchev–Trinajstić information content (AvgIpc) is 3.14. The zero-order valence-corrected chi connectivity index (χ0v) is 22.2. The van der Waals surface area contributed by atoms with E-state index in [1.54, 1.807) is 28.1 Å². The lowest BCUT2D eigenvalue weighted by molar-refractivity contribution is -0.135. The van der Waals surface area contributed by atoms with Crippen LogP contribution in [0.2, 0.25) is 0 Å². The van der Waals surface area contributed by atoms with E-state index in [1.807, 2.05) is 12.1 Å². The number of aromatic nitrogens is 2. The number of unbranched alkanes of at least 4 members (excludes halogenated alkanes) is 1. The van der Waals surface area contributed by atoms with E-state index in [9.17, 15) is 19.2 Å². The number of hydrogen-bond acceptors (Lipinski definition) is 6. The Hall–Kier alpha value is -3.14. The highest BCUT2D eigenvalue weighted by Crippen LogP contribution is 2.34. The van der Waals surface area contributed by atoms with Gasteiger partial charge in [-0.3, -0.25) is 24.0 Å². The summed E-state index contributed by atoms with van der Waals surface area (Å²) in [5, 5.41) is 2.37. The molecule has 1 atom stereocenters. The molecule has 3 amide bonds. The number of piperidine rings is 2. The molecule has 2 aliphatic heterocycles. The van der Waals surface area contributed by atoms with Crippen LogP contribution in [0.3, 0.4) is 0 Å². The predicted octanol–water partition coefficient (Wildman–Crippen LogP) is 2.76. The molecule has 202 valence electrons. The van der Waals surface area contributed by atoms with Gasteiger partial charge < -0.3 is 14.5 Å². The van der Waals surface area contributed by atoms with E-state index in [2.05, 4.69) is 23.2 Å². The van der Waals surface area contributed by atoms with Gasteiger partial charge in [-0.1, -0.05) is 25.5 Å². The van der Waals surface area contributed by atoms with Crippen molar-refractivity contribution in [1.82, 2.24) is 24.3 Å². The van der Waals surface area contributed by atoms with E-state index in [4.69, 9.17) is 4.74 Å². The Morgan fingerprint density at radius 1 is 1.14 bits per heavy atom. The van der Waals surface area contributed by atoms with Gasteiger partial charge in [-0.05, 0) is 69.3 Å². The largest absolute Gasteiger partial charge is 0.449 e. The molecule has 0 radical (unpaired) electrons. The smallest absolute Gasteiger partial charge is 0.409 e. The molecular weight excluding hydrogens is 474 g/mol. The number of nitrogens with zero attached hydrogens (tertiary/aromatic N) is 4. The third-order valence-electron chi connectivity index (χ3n) is 7.69. The lowest BCUT2D eigenvalue weighted by Gasteiger charge is -2.33. The van der Waals surface area contributed by atoms with Crippen LogP contribution < -0.4 is 11.0 Å². The number of hydrogen-bond donors (Lipinski definition) is 1. The molecule has 1 aromatic carbocycles. The van der Waals surface area contributed by atoms with Crippen LogP contribution in [0.25, 0.3) is 11.0 Å². The van der Waals surface area contributed by atoms with E-state index in [-0.39, 0.29) is 24.1 Å². The minimum absolute atomic E-state index is 0.229. The van der Waals surface area contributed by atoms with Crippen molar-refractivity contribution in [2.45, 2.75) is 63.8 Å². The molecule has 0 spiro atoms. The van der Waals surface area contributed by atoms with E-state index < -0.39 is 11.9 Å². The average molecular weight is 514 g/mol. The minimum atomic E-state index is -0.673. The summed E-state index contributed by atoms with van der Waals surface area (Å²) in [4.78, 5) is 53.5. The molecule has 1 unspecified atom stereocenters. The van der Waals surface area contributed by atoms with Crippen LogP contribution in [0, 0.1) is 0 Å². The van der Waals surface area contributed by atoms with Crippen LogP contribution >= 0.6 is 0 Å². The first-order valence-electron chi connectivity index (χ1n) is 13.5. The first kappa shape index (κ1) is 26.9. The fraction of sp³-hybridized carbons (Fsp3) is 0.630. The number of nitrogens with one attached hydrogen (secondary N) is 1. The van der Waals surface area contributed by atoms with E-state index >= 15 is 0 Å². The molecule has 4 rings (SSSR count). The molecule has 37 heavy (non-hydrogen) atoms. The number of imidazole rings is 1. The molecule has 3 heterocycles. The van der Waals surface area contributed by atoms with Crippen molar-refractivity contribution in [3.63, 3.8) is 0 Å². The van der Waals surface area contributed by atoms with Gasteiger partial charge in [0.1, 0.15) is 6.04 Å². The predicted molar refractivity (Wildman–Crippen MR) is 141 cm³/mol. The number of carbonyl (C=O) groups excluding carboxylic acids is 3. The standard InChI is InChI=1S/C27H39N5O5/c1-4-5-18-37-27(36)29(2)14-7-15-31-16-12-19(13-17-31)20-8-6-9-21-24(20)30(3)26(35)32(21)22-10-11-23(33)28-25(22)34/h6,8-9,19,22H,4-5,7,10-18H2,1-3H3,(H,28,33,34). The molecule has 2 fully saturated rings. The molecule has 0 saturated carbocycles. The number of benzene rings is 1. The second-order valence-corrected chi connectivity index (χ2v) is 10.3. The Labute approximate surface area is 217 Å². The monoisotopic (exact) mass is 513 g/mol. The van der Waals surface area contributed by atoms with Gasteiger partial charge in [0.15, 0.2) is 0 Å². The van der Waals surface area contributed by atoms with Gasteiger partial charge >= 0.3 is 11.8 Å². The quantitative estimate of drug-likeness (QED) is 0.408. The molecule has 2 aliphatic rings. The number of ether oxygens (including phenoxy) is 1. The van der Waals surface area contributed by atoms with E-state index in [1.165, 1.54) is 0 Å². The molecule has 0 bridgehead atoms. The molecular formula is C27H39N5O5. The Bertz CT molecular complexity index is 1190. The zero-order valence-electron chi connectivity index (χ0n) is 22.2. The van der Waals surface area contributed by atoms with Gasteiger partial charge in [-0.15, -0.1) is 0 Å². The number of carbonyl (C=O) groups is 3. The van der Waals surface area contributed by atoms with Crippen LogP contribution in [0.5, 0.6) is 0 Å². The number of imide groups is 1. The second-order valence-electron chi connectivity index (χ2n) is 10.3. The molecule has 10 heteroatoms. The first-order valence-corrected chi connectivity index (χ1v) is 13.5. The number of fused-ring (bicyclic) bond motifs is 1. The fourth-order valence-electron chi connectivity index (χ4n) is 5.53. The highest BCUT2D eigenvalue weighted by atomic mass is 16.6. The molecule has 2 saturated heterocycles. The van der Waals surface area contributed by atoms with Crippen molar-refractivity contribution >= 4 is 28.9 Å². The van der Waals surface area contributed by atoms with Gasteiger partial charge in [0.05, 0.1) is 17.6 Å². The van der Waals surface area contributed by atoms with Crippen LogP contribution in [-0.4, -0.2) is 76.7 Å². The molecule has 0 aliphatic carbocycles. The Morgan fingerprint density at radius 3 is 2.59 bits per heavy atom. The highest BCUT2D eigenvalue weighted by Gasteiger charge is 2.32. The first-order chi connectivity index (χ1) is 17.8. The molecule has 1 aromatic heterocycles. The van der Waals surface area contributed by atoms with E-state index in [0.717, 1.165) is 68.3 Å². The number of likely N-dealkylation sites (tertiary alicyclic amines) is 1. The lowest BCUT2D eigenvalue weighted by atomic mass is 9.88. The maximum absolute atomic E-state index is 13.2. The Morgan fingerprint density at radius 2 is 1.89 bits per heavy atom. The van der Waals surface area contributed by atoms with Gasteiger partial charge in [0.2, 0.25) is 11.8 Å². The zero-order chi connectivity index (χ0) is 26.5. The summed E-state index contributed by atoms with van der Waals surface area (Å²) >= 11 is 0.